The second-order valence-corrected chi connectivity index (χ2v) is 9.56. The Morgan fingerprint density at radius 1 is 1.03 bits per heavy atom. The molecule has 5 rings (SSSR count). The predicted octanol–water partition coefficient (Wildman–Crippen LogP) is 5.84. The lowest BCUT2D eigenvalue weighted by atomic mass is 10.0. The van der Waals surface area contributed by atoms with Gasteiger partial charge in [-0.2, -0.15) is 0 Å². The van der Waals surface area contributed by atoms with Gasteiger partial charge in [-0.15, -0.1) is 0 Å². The zero-order chi connectivity index (χ0) is 22.4. The van der Waals surface area contributed by atoms with Gasteiger partial charge < -0.3 is 14.3 Å². The van der Waals surface area contributed by atoms with Crippen LogP contribution in [0, 0.1) is 13.8 Å². The minimum Gasteiger partial charge on any atom is -0.360 e. The Morgan fingerprint density at radius 3 is 2.53 bits per heavy atom. The van der Waals surface area contributed by atoms with Gasteiger partial charge in [-0.25, -0.2) is 4.98 Å². The van der Waals surface area contributed by atoms with Crippen molar-refractivity contribution in [2.75, 3.05) is 31.1 Å². The van der Waals surface area contributed by atoms with Crippen LogP contribution >= 0.6 is 34.5 Å². The first-order chi connectivity index (χ1) is 15.4. The zero-order valence-corrected chi connectivity index (χ0v) is 19.9. The minimum absolute atomic E-state index is 0.0924. The quantitative estimate of drug-likeness (QED) is 0.364. The van der Waals surface area contributed by atoms with E-state index < -0.39 is 0 Å². The molecule has 0 atom stereocenters. The number of piperazine rings is 1. The van der Waals surface area contributed by atoms with Crippen LogP contribution in [0.5, 0.6) is 0 Å². The van der Waals surface area contributed by atoms with Crippen LogP contribution in [0.3, 0.4) is 0 Å². The van der Waals surface area contributed by atoms with Crippen molar-refractivity contribution in [3.8, 4) is 11.3 Å². The van der Waals surface area contributed by atoms with E-state index in [9.17, 15) is 4.79 Å². The Bertz CT molecular complexity index is 1330. The highest BCUT2D eigenvalue weighted by Crippen LogP contribution is 2.35. The van der Waals surface area contributed by atoms with E-state index in [0.29, 0.717) is 53.8 Å². The van der Waals surface area contributed by atoms with Crippen LogP contribution in [-0.4, -0.2) is 47.1 Å². The summed E-state index contributed by atoms with van der Waals surface area (Å²) in [5, 5.41) is 6.34. The normalized spacial score (nSPS) is 14.4. The van der Waals surface area contributed by atoms with Gasteiger partial charge in [-0.1, -0.05) is 57.9 Å². The number of rotatable bonds is 3. The van der Waals surface area contributed by atoms with Crippen molar-refractivity contribution < 1.29 is 9.32 Å². The molecule has 1 amide bonds. The molecule has 32 heavy (non-hydrogen) atoms. The number of hydrogen-bond donors (Lipinski definition) is 0. The molecule has 4 aromatic rings. The van der Waals surface area contributed by atoms with Gasteiger partial charge in [0.05, 0.1) is 15.2 Å². The maximum Gasteiger partial charge on any atom is 0.259 e. The average Bonchev–Trinajstić information content (AvgIpc) is 3.40. The minimum atomic E-state index is -0.0924. The first-order valence-corrected chi connectivity index (χ1v) is 11.8. The second kappa shape index (κ2) is 8.39. The molecule has 1 fully saturated rings. The highest BCUT2D eigenvalue weighted by molar-refractivity contribution is 7.22. The maximum atomic E-state index is 13.4. The number of halogens is 2. The molecular formula is C23H20Cl2N4O2S. The predicted molar refractivity (Wildman–Crippen MR) is 129 cm³/mol. The van der Waals surface area contributed by atoms with Gasteiger partial charge in [0.1, 0.15) is 17.0 Å². The summed E-state index contributed by atoms with van der Waals surface area (Å²) in [5.74, 6) is 0.399. The summed E-state index contributed by atoms with van der Waals surface area (Å²) >= 11 is 14.2. The van der Waals surface area contributed by atoms with E-state index in [1.54, 1.807) is 24.3 Å². The molecule has 2 aromatic heterocycles. The first kappa shape index (κ1) is 21.2. The summed E-state index contributed by atoms with van der Waals surface area (Å²) in [5.41, 5.74) is 3.59. The van der Waals surface area contributed by atoms with Crippen LogP contribution in [0.4, 0.5) is 5.13 Å². The number of amides is 1. The number of nitrogens with zero attached hydrogens (tertiary/aromatic N) is 4. The fourth-order valence-electron chi connectivity index (χ4n) is 3.94. The number of benzene rings is 2. The van der Waals surface area contributed by atoms with E-state index in [1.807, 2.05) is 42.2 Å². The fraction of sp³-hybridized carbons (Fsp3) is 0.261. The highest BCUT2D eigenvalue weighted by atomic mass is 35.5. The van der Waals surface area contributed by atoms with Gasteiger partial charge in [0, 0.05) is 36.8 Å². The Hall–Kier alpha value is -2.61. The Kier molecular flexibility index (Phi) is 5.57. The van der Waals surface area contributed by atoms with E-state index in [2.05, 4.69) is 10.1 Å². The van der Waals surface area contributed by atoms with E-state index in [-0.39, 0.29) is 5.91 Å². The van der Waals surface area contributed by atoms with Crippen molar-refractivity contribution in [1.29, 1.82) is 0 Å². The number of hydrogen-bond acceptors (Lipinski definition) is 6. The third kappa shape index (κ3) is 3.64. The monoisotopic (exact) mass is 486 g/mol. The van der Waals surface area contributed by atoms with Gasteiger partial charge in [-0.05, 0) is 37.6 Å². The van der Waals surface area contributed by atoms with Crippen LogP contribution in [0.15, 0.2) is 40.9 Å². The second-order valence-electron chi connectivity index (χ2n) is 7.74. The third-order valence-electron chi connectivity index (χ3n) is 5.78. The smallest absolute Gasteiger partial charge is 0.259 e. The molecule has 0 bridgehead atoms. The molecule has 1 aliphatic rings. The lowest BCUT2D eigenvalue weighted by Gasteiger charge is -2.34. The molecule has 3 heterocycles. The maximum absolute atomic E-state index is 13.4. The van der Waals surface area contributed by atoms with Crippen molar-refractivity contribution in [2.45, 2.75) is 13.8 Å². The average molecular weight is 487 g/mol. The molecule has 0 radical (unpaired) electrons. The lowest BCUT2D eigenvalue weighted by molar-refractivity contribution is 0.0745. The molecule has 0 N–H and O–H groups in total. The molecule has 0 aliphatic carbocycles. The molecule has 0 spiro atoms. The van der Waals surface area contributed by atoms with Gasteiger partial charge >= 0.3 is 0 Å². The van der Waals surface area contributed by atoms with E-state index in [0.717, 1.165) is 25.9 Å². The number of thiazole rings is 1. The highest BCUT2D eigenvalue weighted by Gasteiger charge is 2.30. The molecule has 2 aromatic carbocycles. The van der Waals surface area contributed by atoms with Crippen molar-refractivity contribution in [3.63, 3.8) is 0 Å². The number of aromatic nitrogens is 2. The molecular weight excluding hydrogens is 467 g/mol. The molecule has 6 nitrogen and oxygen atoms in total. The molecule has 1 saturated heterocycles. The van der Waals surface area contributed by atoms with Crippen LogP contribution in [-0.2, 0) is 0 Å². The standard InChI is InChI=1S/C23H20Cl2N4O2S/c1-13-16(24)7-8-18-20(13)26-23(32-18)29-11-9-28(10-12-29)22(30)19-14(2)31-27-21(19)15-5-3-4-6-17(15)25/h3-8H,9-12H2,1-2H3. The largest absolute Gasteiger partial charge is 0.360 e. The number of carbonyl (C=O) groups is 1. The summed E-state index contributed by atoms with van der Waals surface area (Å²) in [6.07, 6.45) is 0. The fourth-order valence-corrected chi connectivity index (χ4v) is 5.40. The number of anilines is 1. The van der Waals surface area contributed by atoms with E-state index in [4.69, 9.17) is 32.7 Å². The first-order valence-electron chi connectivity index (χ1n) is 10.2. The zero-order valence-electron chi connectivity index (χ0n) is 17.6. The molecule has 0 saturated carbocycles. The van der Waals surface area contributed by atoms with Gasteiger partial charge in [0.2, 0.25) is 0 Å². The van der Waals surface area contributed by atoms with Gasteiger partial charge in [0.15, 0.2) is 5.13 Å². The summed E-state index contributed by atoms with van der Waals surface area (Å²) in [6, 6.07) is 11.3. The van der Waals surface area contributed by atoms with Crippen LogP contribution in [0.2, 0.25) is 10.0 Å². The third-order valence-corrected chi connectivity index (χ3v) is 7.60. The van der Waals surface area contributed by atoms with Crippen LogP contribution < -0.4 is 4.90 Å². The SMILES string of the molecule is Cc1onc(-c2ccccc2Cl)c1C(=O)N1CCN(c2nc3c(C)c(Cl)ccc3s2)CC1. The number of carbonyl (C=O) groups excluding carboxylic acids is 1. The Labute approximate surface area is 199 Å². The summed E-state index contributed by atoms with van der Waals surface area (Å²) < 4.78 is 6.49. The lowest BCUT2D eigenvalue weighted by Crippen LogP contribution is -2.49. The molecule has 0 unspecified atom stereocenters. The summed E-state index contributed by atoms with van der Waals surface area (Å²) in [6.45, 7) is 6.31. The van der Waals surface area contributed by atoms with Gasteiger partial charge in [0.25, 0.3) is 5.91 Å². The number of aryl methyl sites for hydroxylation is 2. The Balaban J connectivity index is 1.35. The number of fused-ring (bicyclic) bond motifs is 1. The summed E-state index contributed by atoms with van der Waals surface area (Å²) in [7, 11) is 0. The molecule has 9 heteroatoms. The van der Waals surface area contributed by atoms with Gasteiger partial charge in [-0.3, -0.25) is 4.79 Å². The molecule has 1 aliphatic heterocycles. The Morgan fingerprint density at radius 2 is 1.78 bits per heavy atom. The van der Waals surface area contributed by atoms with Crippen molar-refractivity contribution in [3.05, 3.63) is 63.3 Å². The van der Waals surface area contributed by atoms with Crippen molar-refractivity contribution >= 4 is 55.8 Å². The van der Waals surface area contributed by atoms with Crippen molar-refractivity contribution in [2.24, 2.45) is 0 Å². The summed E-state index contributed by atoms with van der Waals surface area (Å²) in [4.78, 5) is 22.3. The van der Waals surface area contributed by atoms with Crippen LogP contribution in [0.1, 0.15) is 21.7 Å². The van der Waals surface area contributed by atoms with E-state index >= 15 is 0 Å². The topological polar surface area (TPSA) is 62.5 Å². The van der Waals surface area contributed by atoms with E-state index in [1.165, 1.54) is 0 Å². The molecule has 164 valence electrons. The van der Waals surface area contributed by atoms with Crippen molar-refractivity contribution in [1.82, 2.24) is 15.0 Å². The van der Waals surface area contributed by atoms with Crippen LogP contribution in [0.25, 0.3) is 21.5 Å².